The first kappa shape index (κ1) is 19.0. The van der Waals surface area contributed by atoms with Gasteiger partial charge in [0.1, 0.15) is 5.75 Å². The van der Waals surface area contributed by atoms with E-state index in [1.165, 1.54) is 11.1 Å². The lowest BCUT2D eigenvalue weighted by Gasteiger charge is -2.25. The number of ether oxygens (including phenoxy) is 1. The molecule has 0 spiro atoms. The van der Waals surface area contributed by atoms with Crippen molar-refractivity contribution in [2.24, 2.45) is 0 Å². The van der Waals surface area contributed by atoms with Crippen LogP contribution in [0, 0.1) is 6.92 Å². The number of rotatable bonds is 9. The Morgan fingerprint density at radius 3 is 2.40 bits per heavy atom. The minimum atomic E-state index is 0.0654. The average Bonchev–Trinajstić information content (AvgIpc) is 2.61. The van der Waals surface area contributed by atoms with Crippen LogP contribution in [0.2, 0.25) is 0 Å². The molecule has 0 bridgehead atoms. The Hall–Kier alpha value is -2.33. The number of carbonyl (C=O) groups is 1. The van der Waals surface area contributed by atoms with Crippen LogP contribution in [0.15, 0.2) is 54.6 Å². The van der Waals surface area contributed by atoms with Gasteiger partial charge in [0, 0.05) is 13.0 Å². The summed E-state index contributed by atoms with van der Waals surface area (Å²) in [6, 6.07) is 18.3. The molecule has 1 amide bonds. The Morgan fingerprint density at radius 1 is 1.08 bits per heavy atom. The van der Waals surface area contributed by atoms with E-state index in [9.17, 15) is 4.79 Å². The summed E-state index contributed by atoms with van der Waals surface area (Å²) in [6.07, 6.45) is 1.18. The van der Waals surface area contributed by atoms with Gasteiger partial charge in [0.25, 0.3) is 0 Å². The predicted molar refractivity (Wildman–Crippen MR) is 102 cm³/mol. The Bertz CT molecular complexity index is 639. The largest absolute Gasteiger partial charge is 0.494 e. The fraction of sp³-hybridized carbons (Fsp3) is 0.381. The highest BCUT2D eigenvalue weighted by Gasteiger charge is 2.15. The van der Waals surface area contributed by atoms with Gasteiger partial charge < -0.3 is 15.0 Å². The molecule has 0 fully saturated rings. The maximum Gasteiger partial charge on any atom is 0.220 e. The summed E-state index contributed by atoms with van der Waals surface area (Å²) < 4.78 is 5.61. The summed E-state index contributed by atoms with van der Waals surface area (Å²) in [7, 11) is 4.06. The minimum absolute atomic E-state index is 0.0654. The molecule has 0 heterocycles. The highest BCUT2D eigenvalue weighted by atomic mass is 16.5. The third kappa shape index (κ3) is 6.59. The van der Waals surface area contributed by atoms with E-state index in [4.69, 9.17) is 4.74 Å². The number of nitrogens with zero attached hydrogens (tertiary/aromatic N) is 1. The van der Waals surface area contributed by atoms with Crippen molar-refractivity contribution in [1.29, 1.82) is 0 Å². The molecule has 0 saturated carbocycles. The average molecular weight is 340 g/mol. The molecule has 134 valence electrons. The minimum Gasteiger partial charge on any atom is -0.494 e. The molecule has 0 aromatic heterocycles. The smallest absolute Gasteiger partial charge is 0.220 e. The van der Waals surface area contributed by atoms with Crippen LogP contribution in [0.4, 0.5) is 0 Å². The molecule has 4 heteroatoms. The summed E-state index contributed by atoms with van der Waals surface area (Å²) >= 11 is 0. The lowest BCUT2D eigenvalue weighted by atomic mass is 10.0. The molecule has 25 heavy (non-hydrogen) atoms. The van der Waals surface area contributed by atoms with E-state index in [2.05, 4.69) is 41.4 Å². The zero-order valence-electron chi connectivity index (χ0n) is 15.4. The van der Waals surface area contributed by atoms with Crippen molar-refractivity contribution in [3.05, 3.63) is 65.7 Å². The fourth-order valence-electron chi connectivity index (χ4n) is 2.63. The van der Waals surface area contributed by atoms with Crippen LogP contribution in [-0.4, -0.2) is 38.1 Å². The van der Waals surface area contributed by atoms with E-state index in [0.29, 0.717) is 26.0 Å². The number of likely N-dealkylation sites (N-methyl/N-ethyl adjacent to an activating group) is 1. The predicted octanol–water partition coefficient (Wildman–Crippen LogP) is 3.57. The number of nitrogens with one attached hydrogen (secondary N) is 1. The molecule has 2 rings (SSSR count). The van der Waals surface area contributed by atoms with Crippen LogP contribution in [0.1, 0.15) is 30.0 Å². The molecule has 2 aromatic carbocycles. The van der Waals surface area contributed by atoms with E-state index in [-0.39, 0.29) is 11.9 Å². The van der Waals surface area contributed by atoms with Gasteiger partial charge in [0.2, 0.25) is 5.91 Å². The second-order valence-electron chi connectivity index (χ2n) is 6.46. The topological polar surface area (TPSA) is 41.6 Å². The number of carbonyl (C=O) groups excluding carboxylic acids is 1. The molecule has 1 unspecified atom stereocenters. The quantitative estimate of drug-likeness (QED) is 0.710. The summed E-state index contributed by atoms with van der Waals surface area (Å²) in [4.78, 5) is 14.2. The van der Waals surface area contributed by atoms with E-state index in [0.717, 1.165) is 5.75 Å². The van der Waals surface area contributed by atoms with E-state index < -0.39 is 0 Å². The van der Waals surface area contributed by atoms with Crippen molar-refractivity contribution < 1.29 is 9.53 Å². The van der Waals surface area contributed by atoms with E-state index in [1.54, 1.807) is 0 Å². The molecule has 0 aliphatic carbocycles. The van der Waals surface area contributed by atoms with Crippen molar-refractivity contribution in [3.8, 4) is 5.75 Å². The standard InChI is InChI=1S/C21H28N2O2/c1-17-11-13-18(14-12-17)20(23(2)3)16-22-21(24)10-7-15-25-19-8-5-4-6-9-19/h4-6,8-9,11-14,20H,7,10,15-16H2,1-3H3,(H,22,24). The maximum absolute atomic E-state index is 12.1. The van der Waals surface area contributed by atoms with Gasteiger partial charge in [-0.1, -0.05) is 48.0 Å². The molecule has 2 aromatic rings. The molecule has 0 saturated heterocycles. The second-order valence-corrected chi connectivity index (χ2v) is 6.46. The van der Waals surface area contributed by atoms with Crippen LogP contribution in [0.5, 0.6) is 5.75 Å². The van der Waals surface area contributed by atoms with E-state index >= 15 is 0 Å². The first-order valence-electron chi connectivity index (χ1n) is 8.74. The molecule has 0 radical (unpaired) electrons. The molecule has 0 aliphatic rings. The monoisotopic (exact) mass is 340 g/mol. The lowest BCUT2D eigenvalue weighted by Crippen LogP contribution is -2.34. The Labute approximate surface area is 150 Å². The normalized spacial score (nSPS) is 12.0. The molecule has 4 nitrogen and oxygen atoms in total. The maximum atomic E-state index is 12.1. The third-order valence-corrected chi connectivity index (χ3v) is 4.14. The lowest BCUT2D eigenvalue weighted by molar-refractivity contribution is -0.121. The first-order chi connectivity index (χ1) is 12.1. The highest BCUT2D eigenvalue weighted by molar-refractivity contribution is 5.75. The fourth-order valence-corrected chi connectivity index (χ4v) is 2.63. The number of amides is 1. The molecule has 1 N–H and O–H groups in total. The Kier molecular flexibility index (Phi) is 7.48. The van der Waals surface area contributed by atoms with Gasteiger partial charge in [-0.15, -0.1) is 0 Å². The second kappa shape index (κ2) is 9.84. The van der Waals surface area contributed by atoms with Crippen molar-refractivity contribution in [1.82, 2.24) is 10.2 Å². The van der Waals surface area contributed by atoms with Gasteiger partial charge in [-0.05, 0) is 45.1 Å². The van der Waals surface area contributed by atoms with Crippen LogP contribution in [0.3, 0.4) is 0 Å². The zero-order chi connectivity index (χ0) is 18.1. The molecular formula is C21H28N2O2. The summed E-state index contributed by atoms with van der Waals surface area (Å²) in [5.41, 5.74) is 2.45. The van der Waals surface area contributed by atoms with Crippen molar-refractivity contribution >= 4 is 5.91 Å². The van der Waals surface area contributed by atoms with Crippen molar-refractivity contribution in [2.45, 2.75) is 25.8 Å². The van der Waals surface area contributed by atoms with Gasteiger partial charge in [-0.2, -0.15) is 0 Å². The van der Waals surface area contributed by atoms with Crippen LogP contribution >= 0.6 is 0 Å². The van der Waals surface area contributed by atoms with E-state index in [1.807, 2.05) is 44.4 Å². The number of aryl methyl sites for hydroxylation is 1. The van der Waals surface area contributed by atoms with Crippen molar-refractivity contribution in [2.75, 3.05) is 27.2 Å². The number of benzene rings is 2. The highest BCUT2D eigenvalue weighted by Crippen LogP contribution is 2.18. The molecular weight excluding hydrogens is 312 g/mol. The third-order valence-electron chi connectivity index (χ3n) is 4.14. The molecule has 0 aliphatic heterocycles. The van der Waals surface area contributed by atoms with Crippen LogP contribution in [0.25, 0.3) is 0 Å². The Balaban J connectivity index is 1.72. The SMILES string of the molecule is Cc1ccc(C(CNC(=O)CCCOc2ccccc2)N(C)C)cc1. The van der Waals surface area contributed by atoms with Gasteiger partial charge in [0.05, 0.1) is 12.6 Å². The van der Waals surface area contributed by atoms with Gasteiger partial charge in [0.15, 0.2) is 0 Å². The first-order valence-corrected chi connectivity index (χ1v) is 8.74. The van der Waals surface area contributed by atoms with Gasteiger partial charge >= 0.3 is 0 Å². The zero-order valence-corrected chi connectivity index (χ0v) is 15.4. The van der Waals surface area contributed by atoms with Crippen LogP contribution in [-0.2, 0) is 4.79 Å². The number of hydrogen-bond donors (Lipinski definition) is 1. The summed E-state index contributed by atoms with van der Waals surface area (Å²) in [5.74, 6) is 0.908. The summed E-state index contributed by atoms with van der Waals surface area (Å²) in [5, 5.41) is 3.04. The van der Waals surface area contributed by atoms with Gasteiger partial charge in [-0.3, -0.25) is 4.79 Å². The number of hydrogen-bond acceptors (Lipinski definition) is 3. The van der Waals surface area contributed by atoms with Crippen LogP contribution < -0.4 is 10.1 Å². The van der Waals surface area contributed by atoms with Crippen molar-refractivity contribution in [3.63, 3.8) is 0 Å². The number of para-hydroxylation sites is 1. The Morgan fingerprint density at radius 2 is 1.76 bits per heavy atom. The molecule has 1 atom stereocenters. The summed E-state index contributed by atoms with van der Waals surface area (Å²) in [6.45, 7) is 3.23. The van der Waals surface area contributed by atoms with Gasteiger partial charge in [-0.25, -0.2) is 0 Å².